The molecule has 184 valence electrons. The van der Waals surface area contributed by atoms with Crippen molar-refractivity contribution in [1.29, 1.82) is 0 Å². The summed E-state index contributed by atoms with van der Waals surface area (Å²) in [5.74, 6) is -0.601. The molecule has 0 bridgehead atoms. The zero-order valence-corrected chi connectivity index (χ0v) is 20.5. The summed E-state index contributed by atoms with van der Waals surface area (Å²) in [6.07, 6.45) is 1.96. The van der Waals surface area contributed by atoms with Crippen molar-refractivity contribution in [2.75, 3.05) is 19.6 Å². The van der Waals surface area contributed by atoms with Gasteiger partial charge in [0.15, 0.2) is 5.76 Å². The number of amides is 1. The molecule has 1 aromatic carbocycles. The number of aromatic nitrogens is 2. The lowest BCUT2D eigenvalue weighted by molar-refractivity contribution is -0.119. The molecule has 1 aliphatic rings. The van der Waals surface area contributed by atoms with E-state index in [-0.39, 0.29) is 11.6 Å². The lowest BCUT2D eigenvalue weighted by atomic mass is 10.1. The van der Waals surface area contributed by atoms with Crippen LogP contribution in [0.25, 0.3) is 21.5 Å². The van der Waals surface area contributed by atoms with Gasteiger partial charge >= 0.3 is 5.97 Å². The Morgan fingerprint density at radius 1 is 1.17 bits per heavy atom. The minimum absolute atomic E-state index is 0.222. The van der Waals surface area contributed by atoms with Crippen molar-refractivity contribution in [3.8, 4) is 10.6 Å². The smallest absolute Gasteiger partial charge is 0.352 e. The highest BCUT2D eigenvalue weighted by Gasteiger charge is 2.18. The number of para-hydroxylation sites is 1. The molecule has 1 fully saturated rings. The first kappa shape index (κ1) is 24.9. The molecule has 0 radical (unpaired) electrons. The van der Waals surface area contributed by atoms with Crippen molar-refractivity contribution in [1.82, 2.24) is 14.6 Å². The van der Waals surface area contributed by atoms with Gasteiger partial charge in [0.1, 0.15) is 11.4 Å². The fourth-order valence-electron chi connectivity index (χ4n) is 4.00. The number of likely N-dealkylation sites (tertiary alicyclic amines) is 1. The Bertz CT molecular complexity index is 1320. The van der Waals surface area contributed by atoms with Crippen LogP contribution < -0.4 is 11.5 Å². The highest BCUT2D eigenvalue weighted by Crippen LogP contribution is 2.31. The van der Waals surface area contributed by atoms with Gasteiger partial charge in [0, 0.05) is 36.1 Å². The Morgan fingerprint density at radius 3 is 2.57 bits per heavy atom. The van der Waals surface area contributed by atoms with Gasteiger partial charge in [-0.3, -0.25) is 9.69 Å². The molecule has 35 heavy (non-hydrogen) atoms. The first-order valence-electron chi connectivity index (χ1n) is 11.1. The monoisotopic (exact) mass is 515 g/mol. The molecule has 1 amide bonds. The number of piperidine rings is 1. The topological polar surface area (TPSA) is 141 Å². The molecule has 0 aliphatic carbocycles. The van der Waals surface area contributed by atoms with E-state index in [1.165, 1.54) is 11.3 Å². The maximum Gasteiger partial charge on any atom is 0.352 e. The van der Waals surface area contributed by atoms with Crippen molar-refractivity contribution in [3.63, 3.8) is 0 Å². The van der Waals surface area contributed by atoms with Gasteiger partial charge in [-0.2, -0.15) is 0 Å². The van der Waals surface area contributed by atoms with Crippen LogP contribution in [-0.2, 0) is 11.3 Å². The minimum atomic E-state index is -0.972. The Balaban J connectivity index is 0.000000221. The van der Waals surface area contributed by atoms with Gasteiger partial charge in [0.2, 0.25) is 5.91 Å². The van der Waals surface area contributed by atoms with Gasteiger partial charge in [0.25, 0.3) is 0 Å². The lowest BCUT2D eigenvalue weighted by Gasteiger charge is -2.28. The summed E-state index contributed by atoms with van der Waals surface area (Å²) >= 11 is 7.34. The maximum atomic E-state index is 11.5. The quantitative estimate of drug-likeness (QED) is 0.356. The second-order valence-electron chi connectivity index (χ2n) is 8.35. The SMILES string of the molecule is NC(=O)CN1CCC(N)CC1.O=C(O)c1cc2ccccc2n1Cc1cc(-c2ccc(Cl)s2)on1. The van der Waals surface area contributed by atoms with E-state index in [0.717, 1.165) is 41.7 Å². The maximum absolute atomic E-state index is 11.5. The molecular weight excluding hydrogens is 490 g/mol. The molecule has 3 aromatic heterocycles. The Labute approximate surface area is 210 Å². The first-order chi connectivity index (χ1) is 16.8. The number of carbonyl (C=O) groups is 2. The number of rotatable bonds is 6. The van der Waals surface area contributed by atoms with Crippen molar-refractivity contribution in [2.24, 2.45) is 11.5 Å². The van der Waals surface area contributed by atoms with Crippen molar-refractivity contribution < 1.29 is 19.2 Å². The fourth-order valence-corrected chi connectivity index (χ4v) is 4.99. The number of primary amides is 1. The molecule has 0 atom stereocenters. The predicted molar refractivity (Wildman–Crippen MR) is 136 cm³/mol. The summed E-state index contributed by atoms with van der Waals surface area (Å²) < 4.78 is 7.76. The number of nitrogens with zero attached hydrogens (tertiary/aromatic N) is 3. The van der Waals surface area contributed by atoms with Crippen LogP contribution in [0.4, 0.5) is 0 Å². The third-order valence-corrected chi connectivity index (χ3v) is 6.98. The van der Waals surface area contributed by atoms with E-state index in [1.54, 1.807) is 16.7 Å². The van der Waals surface area contributed by atoms with E-state index in [1.807, 2.05) is 41.3 Å². The van der Waals surface area contributed by atoms with Gasteiger partial charge < -0.3 is 25.7 Å². The van der Waals surface area contributed by atoms with Crippen LogP contribution in [0.3, 0.4) is 0 Å². The number of hydrogen-bond donors (Lipinski definition) is 3. The second kappa shape index (κ2) is 11.0. The third-order valence-electron chi connectivity index (χ3n) is 5.74. The summed E-state index contributed by atoms with van der Waals surface area (Å²) in [7, 11) is 0. The number of aromatic carboxylic acids is 1. The van der Waals surface area contributed by atoms with E-state index < -0.39 is 5.97 Å². The molecule has 5 rings (SSSR count). The highest BCUT2D eigenvalue weighted by atomic mass is 35.5. The molecule has 0 unspecified atom stereocenters. The standard InChI is InChI=1S/C17H11ClN2O3S.C7H15N3O/c18-16-6-5-15(24-16)14-8-11(19-23-14)9-20-12-4-2-1-3-10(12)7-13(20)17(21)22;8-6-1-3-10(4-2-6)5-7(9)11/h1-8H,9H2,(H,21,22);6H,1-5,8H2,(H2,9,11). The normalized spacial score (nSPS) is 14.6. The van der Waals surface area contributed by atoms with Crippen molar-refractivity contribution in [2.45, 2.75) is 25.4 Å². The first-order valence-corrected chi connectivity index (χ1v) is 12.3. The molecule has 0 saturated carbocycles. The van der Waals surface area contributed by atoms with Gasteiger partial charge in [-0.15, -0.1) is 11.3 Å². The van der Waals surface area contributed by atoms with Crippen molar-refractivity contribution >= 4 is 45.7 Å². The van der Waals surface area contributed by atoms with E-state index in [9.17, 15) is 14.7 Å². The van der Waals surface area contributed by atoms with Crippen LogP contribution in [0, 0.1) is 0 Å². The highest BCUT2D eigenvalue weighted by molar-refractivity contribution is 7.19. The zero-order valence-electron chi connectivity index (χ0n) is 18.9. The van der Waals surface area contributed by atoms with Gasteiger partial charge in [-0.05, 0) is 37.1 Å². The van der Waals surface area contributed by atoms with Crippen molar-refractivity contribution in [3.05, 3.63) is 64.3 Å². The molecule has 9 nitrogen and oxygen atoms in total. The van der Waals surface area contributed by atoms with E-state index in [0.29, 0.717) is 34.9 Å². The average Bonchev–Trinajstić information content (AvgIpc) is 3.55. The van der Waals surface area contributed by atoms with Crippen LogP contribution >= 0.6 is 22.9 Å². The number of carboxylic acids is 1. The Kier molecular flexibility index (Phi) is 7.86. The Morgan fingerprint density at radius 2 is 1.91 bits per heavy atom. The second-order valence-corrected chi connectivity index (χ2v) is 10.1. The van der Waals surface area contributed by atoms with Gasteiger partial charge in [0.05, 0.1) is 22.3 Å². The third kappa shape index (κ3) is 6.29. The van der Waals surface area contributed by atoms with Gasteiger partial charge in [-0.25, -0.2) is 4.79 Å². The summed E-state index contributed by atoms with van der Waals surface area (Å²) in [4.78, 5) is 25.0. The minimum Gasteiger partial charge on any atom is -0.477 e. The fraction of sp³-hybridized carbons (Fsp3) is 0.292. The average molecular weight is 516 g/mol. The van der Waals surface area contributed by atoms with Gasteiger partial charge in [-0.1, -0.05) is 35.0 Å². The molecule has 1 saturated heterocycles. The zero-order chi connectivity index (χ0) is 24.9. The van der Waals surface area contributed by atoms with Crippen LogP contribution in [0.1, 0.15) is 29.0 Å². The largest absolute Gasteiger partial charge is 0.477 e. The van der Waals surface area contributed by atoms with E-state index >= 15 is 0 Å². The van der Waals surface area contributed by atoms with Crippen LogP contribution in [0.5, 0.6) is 0 Å². The molecular formula is C24H26ClN5O4S. The Hall–Kier alpha value is -3.18. The number of fused-ring (bicyclic) bond motifs is 1. The predicted octanol–water partition coefficient (Wildman–Crippen LogP) is 3.65. The number of thiophene rings is 1. The molecule has 5 N–H and O–H groups in total. The number of nitrogens with two attached hydrogens (primary N) is 2. The summed E-state index contributed by atoms with van der Waals surface area (Å²) in [5.41, 5.74) is 12.5. The summed E-state index contributed by atoms with van der Waals surface area (Å²) in [6.45, 7) is 2.51. The van der Waals surface area contributed by atoms with E-state index in [2.05, 4.69) is 5.16 Å². The number of benzene rings is 1. The van der Waals surface area contributed by atoms with E-state index in [4.69, 9.17) is 27.6 Å². The molecule has 1 aliphatic heterocycles. The molecule has 4 aromatic rings. The summed E-state index contributed by atoms with van der Waals surface area (Å²) in [5, 5.41) is 14.4. The summed E-state index contributed by atoms with van der Waals surface area (Å²) in [6, 6.07) is 15.0. The number of halogens is 1. The van der Waals surface area contributed by atoms with Crippen LogP contribution in [0.2, 0.25) is 4.34 Å². The number of hydrogen-bond acceptors (Lipinski definition) is 7. The van der Waals surface area contributed by atoms with Crippen LogP contribution in [0.15, 0.2) is 53.1 Å². The lowest BCUT2D eigenvalue weighted by Crippen LogP contribution is -2.43. The molecule has 4 heterocycles. The molecule has 0 spiro atoms. The van der Waals surface area contributed by atoms with Crippen LogP contribution in [-0.4, -0.2) is 57.3 Å². The number of carbonyl (C=O) groups excluding carboxylic acids is 1. The number of carboxylic acid groups (broad SMARTS) is 1. The molecule has 11 heteroatoms.